The van der Waals surface area contributed by atoms with Crippen molar-refractivity contribution in [3.63, 3.8) is 0 Å². The molecule has 2 heterocycles. The molecule has 1 aliphatic rings. The molecule has 0 amide bonds. The summed E-state index contributed by atoms with van der Waals surface area (Å²) in [6.07, 6.45) is 0. The Hall–Kier alpha value is -9.15. The molecule has 86 heavy (non-hydrogen) atoms. The maximum Gasteiger partial charge on any atom is 0.160 e. The van der Waals surface area contributed by atoms with Gasteiger partial charge in [0.05, 0.1) is 38.3 Å². The van der Waals surface area contributed by atoms with Gasteiger partial charge in [-0.05, 0) is 150 Å². The standard InChI is InChI=1S/C79H72N2O3Si2/c1-51-30-31-52(2)65(48-51)79(54-34-42-60(43-35-54)82-59-40-32-53(33-41-59)78(3,4)5)66-50-69(81(56-24-16-13-17-25-56)58-38-46-62(47-39-58)86(9,10)11)76-73(64-27-19-21-29-71(64)83-76)74(66)75-67(79)49-68(72-63-26-18-20-28-70(63)84-77(72)75)80(55-22-14-12-15-23-55)57-36-44-61(45-37-57)85(6,7)8/h12-50H,1-11H3. The van der Waals surface area contributed by atoms with Gasteiger partial charge in [-0.15, -0.1) is 0 Å². The lowest BCUT2D eigenvalue weighted by atomic mass is 9.66. The second kappa shape index (κ2) is 20.5. The molecule has 424 valence electrons. The highest BCUT2D eigenvalue weighted by molar-refractivity contribution is 6.89. The molecule has 13 aromatic rings. The van der Waals surface area contributed by atoms with Gasteiger partial charge in [-0.25, -0.2) is 0 Å². The Kier molecular flexibility index (Phi) is 13.1. The average Bonchev–Trinajstić information content (AvgIpc) is 1.49. The molecular weight excluding hydrogens is 1080 g/mol. The van der Waals surface area contributed by atoms with Crippen molar-refractivity contribution in [3.8, 4) is 22.6 Å². The van der Waals surface area contributed by atoms with Crippen LogP contribution in [0.4, 0.5) is 34.1 Å². The Labute approximate surface area is 507 Å². The van der Waals surface area contributed by atoms with Crippen molar-refractivity contribution in [1.82, 2.24) is 0 Å². The highest BCUT2D eigenvalue weighted by Crippen LogP contribution is 2.65. The van der Waals surface area contributed by atoms with E-state index in [-0.39, 0.29) is 5.41 Å². The van der Waals surface area contributed by atoms with Crippen molar-refractivity contribution < 1.29 is 13.6 Å². The molecule has 1 unspecified atom stereocenters. The molecule has 0 spiro atoms. The maximum atomic E-state index is 7.63. The van der Waals surface area contributed by atoms with E-state index in [1.807, 2.05) is 0 Å². The van der Waals surface area contributed by atoms with Crippen LogP contribution in [0.25, 0.3) is 55.0 Å². The Balaban J connectivity index is 1.16. The predicted octanol–water partition coefficient (Wildman–Crippen LogP) is 21.6. The van der Waals surface area contributed by atoms with Crippen LogP contribution in [0, 0.1) is 13.8 Å². The molecule has 2 aromatic heterocycles. The lowest BCUT2D eigenvalue weighted by Gasteiger charge is -2.37. The number of aryl methyl sites for hydroxylation is 2. The molecule has 7 heteroatoms. The number of hydrogen-bond acceptors (Lipinski definition) is 5. The summed E-state index contributed by atoms with van der Waals surface area (Å²) < 4.78 is 21.9. The molecule has 11 aromatic carbocycles. The van der Waals surface area contributed by atoms with Gasteiger partial charge >= 0.3 is 0 Å². The SMILES string of the molecule is Cc1ccc(C)c(C2(c3ccc(Oc4ccc(C(C)(C)C)cc4)cc3)c3cc(N(c4ccccc4)c4ccc([Si](C)(C)C)cc4)c4c(oc5ccccc54)c3-c3c2cc(N(c2ccccc2)c2ccc([Si](C)(C)C)cc2)c2oc4ccccc4c32)c1. The van der Waals surface area contributed by atoms with Crippen LogP contribution >= 0.6 is 0 Å². The van der Waals surface area contributed by atoms with Crippen LogP contribution in [-0.2, 0) is 10.8 Å². The monoisotopic (exact) mass is 1150 g/mol. The number of benzene rings is 11. The number of rotatable bonds is 12. The first kappa shape index (κ1) is 54.8. The number of anilines is 6. The molecule has 0 N–H and O–H groups in total. The molecule has 0 radical (unpaired) electrons. The third-order valence-electron chi connectivity index (χ3n) is 17.8. The zero-order valence-electron chi connectivity index (χ0n) is 51.1. The lowest BCUT2D eigenvalue weighted by Crippen LogP contribution is -2.37. The van der Waals surface area contributed by atoms with Gasteiger partial charge in [0, 0.05) is 50.0 Å². The minimum Gasteiger partial charge on any atom is -0.457 e. The molecule has 1 aliphatic carbocycles. The zero-order valence-corrected chi connectivity index (χ0v) is 53.1. The Bertz CT molecular complexity index is 4720. The Morgan fingerprint density at radius 3 is 1.40 bits per heavy atom. The molecule has 5 nitrogen and oxygen atoms in total. The van der Waals surface area contributed by atoms with E-state index in [2.05, 4.69) is 320 Å². The summed E-state index contributed by atoms with van der Waals surface area (Å²) in [5.41, 5.74) is 18.7. The van der Waals surface area contributed by atoms with Gasteiger partial charge in [0.15, 0.2) is 5.58 Å². The first-order chi connectivity index (χ1) is 41.4. The highest BCUT2D eigenvalue weighted by Gasteiger charge is 2.51. The smallest absolute Gasteiger partial charge is 0.160 e. The van der Waals surface area contributed by atoms with E-state index in [1.165, 1.54) is 32.6 Å². The molecule has 1 atom stereocenters. The second-order valence-electron chi connectivity index (χ2n) is 26.6. The Morgan fingerprint density at radius 1 is 0.407 bits per heavy atom. The fourth-order valence-electron chi connectivity index (χ4n) is 13.4. The Morgan fingerprint density at radius 2 is 0.860 bits per heavy atom. The van der Waals surface area contributed by atoms with Crippen molar-refractivity contribution in [2.24, 2.45) is 0 Å². The van der Waals surface area contributed by atoms with Crippen LogP contribution in [0.2, 0.25) is 39.3 Å². The molecule has 0 saturated carbocycles. The van der Waals surface area contributed by atoms with E-state index in [9.17, 15) is 0 Å². The lowest BCUT2D eigenvalue weighted by molar-refractivity contribution is 0.481. The fourth-order valence-corrected chi connectivity index (χ4v) is 15.7. The van der Waals surface area contributed by atoms with E-state index in [0.717, 1.165) is 117 Å². The summed E-state index contributed by atoms with van der Waals surface area (Å²) in [6.45, 7) is 25.7. The first-order valence-corrected chi connectivity index (χ1v) is 37.2. The zero-order chi connectivity index (χ0) is 59.4. The normalized spacial score (nSPS) is 14.3. The summed E-state index contributed by atoms with van der Waals surface area (Å²) in [5.74, 6) is 1.55. The second-order valence-corrected chi connectivity index (χ2v) is 36.8. The summed E-state index contributed by atoms with van der Waals surface area (Å²) in [4.78, 5) is 4.88. The van der Waals surface area contributed by atoms with E-state index in [1.54, 1.807) is 0 Å². The van der Waals surface area contributed by atoms with Gasteiger partial charge in [0.25, 0.3) is 0 Å². The summed E-state index contributed by atoms with van der Waals surface area (Å²) in [5, 5.41) is 6.97. The highest BCUT2D eigenvalue weighted by atomic mass is 28.3. The van der Waals surface area contributed by atoms with Gasteiger partial charge in [-0.3, -0.25) is 0 Å². The fraction of sp³-hybridized carbons (Fsp3) is 0.165. The summed E-state index contributed by atoms with van der Waals surface area (Å²) in [7, 11) is -3.33. The van der Waals surface area contributed by atoms with Crippen molar-refractivity contribution >= 4 is 105 Å². The van der Waals surface area contributed by atoms with E-state index >= 15 is 0 Å². The number of furan rings is 2. The molecule has 0 bridgehead atoms. The minimum absolute atomic E-state index is 0.0190. The van der Waals surface area contributed by atoms with Gasteiger partial charge in [-0.2, -0.15) is 0 Å². The molecule has 14 rings (SSSR count). The van der Waals surface area contributed by atoms with Crippen LogP contribution < -0.4 is 24.9 Å². The van der Waals surface area contributed by atoms with E-state index < -0.39 is 21.6 Å². The first-order valence-electron chi connectivity index (χ1n) is 30.2. The molecule has 0 aliphatic heterocycles. The minimum atomic E-state index is -1.66. The largest absolute Gasteiger partial charge is 0.457 e. The number of fused-ring (bicyclic) bond motifs is 11. The van der Waals surface area contributed by atoms with Crippen LogP contribution in [-0.4, -0.2) is 16.1 Å². The van der Waals surface area contributed by atoms with Crippen LogP contribution in [0.3, 0.4) is 0 Å². The quantitative estimate of drug-likeness (QED) is 0.114. The van der Waals surface area contributed by atoms with Gasteiger partial charge in [0.1, 0.15) is 28.2 Å². The third kappa shape index (κ3) is 9.10. The molecule has 0 saturated heterocycles. The third-order valence-corrected chi connectivity index (χ3v) is 22.0. The van der Waals surface area contributed by atoms with Crippen LogP contribution in [0.15, 0.2) is 245 Å². The number of ether oxygens (including phenoxy) is 1. The van der Waals surface area contributed by atoms with Crippen LogP contribution in [0.1, 0.15) is 59.7 Å². The van der Waals surface area contributed by atoms with E-state index in [4.69, 9.17) is 13.6 Å². The maximum absolute atomic E-state index is 7.63. The number of para-hydroxylation sites is 4. The topological polar surface area (TPSA) is 42.0 Å². The predicted molar refractivity (Wildman–Crippen MR) is 368 cm³/mol. The van der Waals surface area contributed by atoms with Gasteiger partial charge < -0.3 is 23.4 Å². The van der Waals surface area contributed by atoms with Gasteiger partial charge in [-0.1, -0.05) is 216 Å². The van der Waals surface area contributed by atoms with Crippen LogP contribution in [0.5, 0.6) is 11.5 Å². The summed E-state index contributed by atoms with van der Waals surface area (Å²) in [6, 6.07) is 87.0. The van der Waals surface area contributed by atoms with Gasteiger partial charge in [0.2, 0.25) is 0 Å². The number of nitrogens with zero attached hydrogens (tertiary/aromatic N) is 2. The number of hydrogen-bond donors (Lipinski definition) is 0. The van der Waals surface area contributed by atoms with Crippen molar-refractivity contribution in [1.29, 1.82) is 0 Å². The molecule has 0 fully saturated rings. The summed E-state index contributed by atoms with van der Waals surface area (Å²) >= 11 is 0. The molecular formula is C79H72N2O3Si2. The van der Waals surface area contributed by atoms with Crippen molar-refractivity contribution in [2.75, 3.05) is 9.80 Å². The van der Waals surface area contributed by atoms with E-state index in [0.29, 0.717) is 0 Å². The van der Waals surface area contributed by atoms with Crippen molar-refractivity contribution in [2.45, 2.75) is 84.7 Å². The van der Waals surface area contributed by atoms with Crippen molar-refractivity contribution in [3.05, 3.63) is 276 Å². The average molecular weight is 1150 g/mol.